The van der Waals surface area contributed by atoms with Crippen molar-refractivity contribution in [1.82, 2.24) is 0 Å². The van der Waals surface area contributed by atoms with Gasteiger partial charge in [-0.05, 0) is 24.6 Å². The number of aryl methyl sites for hydroxylation is 1. The molecule has 0 unspecified atom stereocenters. The molecule has 1 aromatic rings. The predicted octanol–water partition coefficient (Wildman–Crippen LogP) is 2.09. The summed E-state index contributed by atoms with van der Waals surface area (Å²) in [5.74, 6) is 0. The molecule has 0 saturated carbocycles. The van der Waals surface area contributed by atoms with E-state index in [1.807, 2.05) is 18.0 Å². The van der Waals surface area contributed by atoms with Crippen LogP contribution in [0.2, 0.25) is 0 Å². The molecule has 0 spiro atoms. The first-order valence-electron chi connectivity index (χ1n) is 3.96. The second kappa shape index (κ2) is 3.90. The summed E-state index contributed by atoms with van der Waals surface area (Å²) < 4.78 is 0. The molecule has 12 heavy (non-hydrogen) atoms. The quantitative estimate of drug-likeness (QED) is 0.480. The summed E-state index contributed by atoms with van der Waals surface area (Å²) in [5, 5.41) is 0. The van der Waals surface area contributed by atoms with Crippen LogP contribution >= 0.6 is 0 Å². The fourth-order valence-corrected chi connectivity index (χ4v) is 1.09. The van der Waals surface area contributed by atoms with E-state index in [0.29, 0.717) is 0 Å². The van der Waals surface area contributed by atoms with Gasteiger partial charge in [0.1, 0.15) is 0 Å². The molecular weight excluding hydrogens is 148 g/mol. The van der Waals surface area contributed by atoms with E-state index >= 15 is 0 Å². The molecule has 1 rings (SSSR count). The summed E-state index contributed by atoms with van der Waals surface area (Å²) in [4.78, 5) is 5.94. The van der Waals surface area contributed by atoms with Gasteiger partial charge in [-0.3, -0.25) is 4.99 Å². The minimum Gasteiger partial charge on any atom is -0.336 e. The molecule has 0 aliphatic rings. The highest BCUT2D eigenvalue weighted by Crippen LogP contribution is 2.12. The molecule has 2 nitrogen and oxygen atoms in total. The molecule has 0 saturated heterocycles. The van der Waals surface area contributed by atoms with Crippen molar-refractivity contribution in [1.29, 1.82) is 0 Å². The second-order valence-corrected chi connectivity index (χ2v) is 2.82. The number of hydrogen-bond acceptors (Lipinski definition) is 1. The maximum Gasteiger partial charge on any atom is 0.0888 e. The van der Waals surface area contributed by atoms with Crippen LogP contribution in [0, 0.1) is 6.92 Å². The SMILES string of the molecule is CN=CN(C)c1cccc(C)c1. The second-order valence-electron chi connectivity index (χ2n) is 2.82. The Morgan fingerprint density at radius 1 is 1.42 bits per heavy atom. The molecule has 0 aliphatic heterocycles. The van der Waals surface area contributed by atoms with Crippen molar-refractivity contribution in [2.24, 2.45) is 4.99 Å². The lowest BCUT2D eigenvalue weighted by molar-refractivity contribution is 1.26. The maximum atomic E-state index is 3.94. The van der Waals surface area contributed by atoms with Crippen molar-refractivity contribution in [3.8, 4) is 0 Å². The third kappa shape index (κ3) is 2.09. The van der Waals surface area contributed by atoms with E-state index in [1.165, 1.54) is 11.3 Å². The highest BCUT2D eigenvalue weighted by atomic mass is 15.1. The molecule has 0 heterocycles. The van der Waals surface area contributed by atoms with Crippen molar-refractivity contribution < 1.29 is 0 Å². The molecule has 1 aromatic carbocycles. The Morgan fingerprint density at radius 2 is 2.17 bits per heavy atom. The number of aliphatic imine (C=N–C) groups is 1. The maximum absolute atomic E-state index is 3.94. The smallest absolute Gasteiger partial charge is 0.0888 e. The van der Waals surface area contributed by atoms with Gasteiger partial charge in [0.25, 0.3) is 0 Å². The van der Waals surface area contributed by atoms with Gasteiger partial charge in [-0.1, -0.05) is 12.1 Å². The van der Waals surface area contributed by atoms with E-state index in [4.69, 9.17) is 0 Å². The Bertz CT molecular complexity index is 279. The Balaban J connectivity index is 2.87. The zero-order chi connectivity index (χ0) is 8.97. The van der Waals surface area contributed by atoms with Gasteiger partial charge in [0.15, 0.2) is 0 Å². The van der Waals surface area contributed by atoms with E-state index in [2.05, 4.69) is 30.1 Å². The molecule has 0 aromatic heterocycles. The van der Waals surface area contributed by atoms with Crippen molar-refractivity contribution in [3.05, 3.63) is 29.8 Å². The fraction of sp³-hybridized carbons (Fsp3) is 0.300. The zero-order valence-electron chi connectivity index (χ0n) is 7.78. The first kappa shape index (κ1) is 8.78. The molecular formula is C10H14N2. The van der Waals surface area contributed by atoms with Crippen LogP contribution in [0.3, 0.4) is 0 Å². The van der Waals surface area contributed by atoms with E-state index in [9.17, 15) is 0 Å². The molecule has 0 amide bonds. The minimum atomic E-state index is 1.17. The van der Waals surface area contributed by atoms with E-state index < -0.39 is 0 Å². The van der Waals surface area contributed by atoms with Crippen LogP contribution in [0.4, 0.5) is 5.69 Å². The standard InChI is InChI=1S/C10H14N2/c1-9-5-4-6-10(7-9)12(3)8-11-2/h4-8H,1-3H3. The number of nitrogens with zero attached hydrogens (tertiary/aromatic N) is 2. The summed E-state index contributed by atoms with van der Waals surface area (Å²) in [7, 11) is 3.76. The van der Waals surface area contributed by atoms with Crippen LogP contribution in [0.1, 0.15) is 5.56 Å². The monoisotopic (exact) mass is 162 g/mol. The fourth-order valence-electron chi connectivity index (χ4n) is 1.09. The van der Waals surface area contributed by atoms with Gasteiger partial charge < -0.3 is 4.90 Å². The van der Waals surface area contributed by atoms with E-state index in [0.717, 1.165) is 0 Å². The van der Waals surface area contributed by atoms with Gasteiger partial charge in [0.05, 0.1) is 6.34 Å². The third-order valence-corrected chi connectivity index (χ3v) is 1.70. The number of anilines is 1. The first-order chi connectivity index (χ1) is 5.74. The average Bonchev–Trinajstić information content (AvgIpc) is 2.05. The van der Waals surface area contributed by atoms with Crippen molar-refractivity contribution >= 4 is 12.0 Å². The Labute approximate surface area is 73.5 Å². The summed E-state index contributed by atoms with van der Waals surface area (Å²) in [6.07, 6.45) is 1.80. The summed E-state index contributed by atoms with van der Waals surface area (Å²) >= 11 is 0. The van der Waals surface area contributed by atoms with Crippen LogP contribution in [0.5, 0.6) is 0 Å². The highest BCUT2D eigenvalue weighted by molar-refractivity contribution is 5.78. The Kier molecular flexibility index (Phi) is 2.86. The van der Waals surface area contributed by atoms with E-state index in [1.54, 1.807) is 13.4 Å². The van der Waals surface area contributed by atoms with Gasteiger partial charge in [0, 0.05) is 19.8 Å². The van der Waals surface area contributed by atoms with Crippen LogP contribution in [-0.4, -0.2) is 20.4 Å². The Hall–Kier alpha value is -1.31. The molecule has 0 bridgehead atoms. The summed E-state index contributed by atoms with van der Waals surface area (Å²) in [5.41, 5.74) is 2.43. The summed E-state index contributed by atoms with van der Waals surface area (Å²) in [6, 6.07) is 8.32. The van der Waals surface area contributed by atoms with Gasteiger partial charge >= 0.3 is 0 Å². The van der Waals surface area contributed by atoms with Crippen LogP contribution in [0.15, 0.2) is 29.3 Å². The van der Waals surface area contributed by atoms with Crippen LogP contribution in [-0.2, 0) is 0 Å². The molecule has 0 radical (unpaired) electrons. The van der Waals surface area contributed by atoms with Crippen LogP contribution < -0.4 is 4.90 Å². The van der Waals surface area contributed by atoms with Crippen molar-refractivity contribution in [3.63, 3.8) is 0 Å². The topological polar surface area (TPSA) is 15.6 Å². The van der Waals surface area contributed by atoms with Gasteiger partial charge in [-0.15, -0.1) is 0 Å². The number of rotatable bonds is 2. The van der Waals surface area contributed by atoms with Crippen molar-refractivity contribution in [2.45, 2.75) is 6.92 Å². The lowest BCUT2D eigenvalue weighted by atomic mass is 10.2. The average molecular weight is 162 g/mol. The molecule has 0 atom stereocenters. The summed E-state index contributed by atoms with van der Waals surface area (Å²) in [6.45, 7) is 2.08. The molecule has 0 fully saturated rings. The molecule has 0 N–H and O–H groups in total. The Morgan fingerprint density at radius 3 is 2.75 bits per heavy atom. The van der Waals surface area contributed by atoms with Gasteiger partial charge in [0.2, 0.25) is 0 Å². The first-order valence-corrected chi connectivity index (χ1v) is 3.96. The number of benzene rings is 1. The van der Waals surface area contributed by atoms with Crippen molar-refractivity contribution in [2.75, 3.05) is 19.0 Å². The van der Waals surface area contributed by atoms with Gasteiger partial charge in [-0.25, -0.2) is 0 Å². The van der Waals surface area contributed by atoms with Gasteiger partial charge in [-0.2, -0.15) is 0 Å². The van der Waals surface area contributed by atoms with E-state index in [-0.39, 0.29) is 0 Å². The normalized spacial score (nSPS) is 10.6. The third-order valence-electron chi connectivity index (χ3n) is 1.70. The lowest BCUT2D eigenvalue weighted by Crippen LogP contribution is -2.13. The zero-order valence-corrected chi connectivity index (χ0v) is 7.78. The molecule has 64 valence electrons. The lowest BCUT2D eigenvalue weighted by Gasteiger charge is -2.12. The minimum absolute atomic E-state index is 1.17. The molecule has 0 aliphatic carbocycles. The van der Waals surface area contributed by atoms with Crippen LogP contribution in [0.25, 0.3) is 0 Å². The molecule has 2 heteroatoms. The highest BCUT2D eigenvalue weighted by Gasteiger charge is 1.95. The largest absolute Gasteiger partial charge is 0.336 e. The number of hydrogen-bond donors (Lipinski definition) is 0. The predicted molar refractivity (Wildman–Crippen MR) is 54.0 cm³/mol.